The van der Waals surface area contributed by atoms with E-state index in [9.17, 15) is 22.8 Å². The molecule has 1 aliphatic rings. The predicted octanol–water partition coefficient (Wildman–Crippen LogP) is 2.68. The van der Waals surface area contributed by atoms with Crippen molar-refractivity contribution >= 4 is 27.9 Å². The molecule has 4 N–H and O–H groups in total. The van der Waals surface area contributed by atoms with E-state index < -0.39 is 22.0 Å². The van der Waals surface area contributed by atoms with Crippen molar-refractivity contribution in [3.8, 4) is 0 Å². The van der Waals surface area contributed by atoms with Gasteiger partial charge in [0, 0.05) is 18.2 Å². The number of amides is 3. The van der Waals surface area contributed by atoms with Crippen molar-refractivity contribution in [2.45, 2.75) is 49.5 Å². The molecule has 1 fully saturated rings. The molecule has 9 nitrogen and oxygen atoms in total. The Morgan fingerprint density at radius 1 is 0.879 bits per heavy atom. The highest BCUT2D eigenvalue weighted by Gasteiger charge is 2.21. The minimum atomic E-state index is -3.98. The molecule has 10 heteroatoms. The maximum atomic E-state index is 12.5. The summed E-state index contributed by atoms with van der Waals surface area (Å²) in [7, 11) is -3.98. The molecule has 0 atom stereocenters. The quantitative estimate of drug-likeness (QED) is 0.464. The Kier molecular flexibility index (Phi) is 8.05. The van der Waals surface area contributed by atoms with E-state index in [1.807, 2.05) is 0 Å². The molecular weight excluding hydrogens is 446 g/mol. The second kappa shape index (κ2) is 11.0. The third-order valence-electron chi connectivity index (χ3n) is 5.49. The van der Waals surface area contributed by atoms with Gasteiger partial charge in [0.25, 0.3) is 15.9 Å². The summed E-state index contributed by atoms with van der Waals surface area (Å²) in [5, 5.41) is 14.4. The highest BCUT2D eigenvalue weighted by molar-refractivity contribution is 7.90. The van der Waals surface area contributed by atoms with Crippen LogP contribution in [0.4, 0.5) is 4.79 Å². The minimum absolute atomic E-state index is 0.00152. The van der Waals surface area contributed by atoms with Crippen molar-refractivity contribution in [1.82, 2.24) is 15.4 Å². The van der Waals surface area contributed by atoms with Gasteiger partial charge < -0.3 is 15.7 Å². The van der Waals surface area contributed by atoms with Crippen LogP contribution in [0.15, 0.2) is 53.4 Å². The molecule has 0 saturated heterocycles. The normalized spacial score (nSPS) is 14.3. The molecule has 3 rings (SSSR count). The summed E-state index contributed by atoms with van der Waals surface area (Å²) >= 11 is 0. The second-order valence-corrected chi connectivity index (χ2v) is 9.63. The largest absolute Gasteiger partial charge is 0.478 e. The van der Waals surface area contributed by atoms with Crippen molar-refractivity contribution in [3.05, 3.63) is 65.2 Å². The summed E-state index contributed by atoms with van der Waals surface area (Å²) in [5.74, 6) is -1.40. The highest BCUT2D eigenvalue weighted by atomic mass is 32.2. The van der Waals surface area contributed by atoms with E-state index in [-0.39, 0.29) is 22.4 Å². The molecule has 176 valence electrons. The van der Waals surface area contributed by atoms with Gasteiger partial charge in [-0.15, -0.1) is 0 Å². The summed E-state index contributed by atoms with van der Waals surface area (Å²) in [6.45, 7) is 0.313. The number of carboxylic acids is 1. The third-order valence-corrected chi connectivity index (χ3v) is 6.84. The lowest BCUT2D eigenvalue weighted by molar-refractivity contribution is 0.0696. The first-order valence-corrected chi connectivity index (χ1v) is 12.3. The van der Waals surface area contributed by atoms with Gasteiger partial charge in [0.15, 0.2) is 0 Å². The van der Waals surface area contributed by atoms with Gasteiger partial charge in [-0.05, 0) is 61.2 Å². The minimum Gasteiger partial charge on any atom is -0.478 e. The molecule has 0 aromatic heterocycles. The fourth-order valence-electron chi connectivity index (χ4n) is 3.66. The van der Waals surface area contributed by atoms with Crippen LogP contribution in [0, 0.1) is 0 Å². The fraction of sp³-hybridized carbons (Fsp3) is 0.348. The Bertz CT molecular complexity index is 1090. The van der Waals surface area contributed by atoms with Crippen molar-refractivity contribution in [2.75, 3.05) is 6.54 Å². The number of aromatic carboxylic acids is 1. The van der Waals surface area contributed by atoms with Crippen LogP contribution >= 0.6 is 0 Å². The van der Waals surface area contributed by atoms with Crippen LogP contribution in [-0.2, 0) is 16.4 Å². The highest BCUT2D eigenvalue weighted by Crippen LogP contribution is 2.17. The molecule has 0 radical (unpaired) electrons. The van der Waals surface area contributed by atoms with Crippen molar-refractivity contribution in [2.24, 2.45) is 0 Å². The van der Waals surface area contributed by atoms with E-state index >= 15 is 0 Å². The van der Waals surface area contributed by atoms with E-state index in [1.165, 1.54) is 36.4 Å². The van der Waals surface area contributed by atoms with E-state index in [0.717, 1.165) is 37.7 Å². The Balaban J connectivity index is 1.48. The first-order valence-electron chi connectivity index (χ1n) is 10.8. The van der Waals surface area contributed by atoms with Gasteiger partial charge in [-0.25, -0.2) is 22.7 Å². The maximum Gasteiger partial charge on any atom is 0.335 e. The molecule has 3 amide bonds. The Labute approximate surface area is 192 Å². The predicted molar refractivity (Wildman–Crippen MR) is 122 cm³/mol. The summed E-state index contributed by atoms with van der Waals surface area (Å²) in [4.78, 5) is 35.1. The van der Waals surface area contributed by atoms with Gasteiger partial charge in [-0.1, -0.05) is 31.4 Å². The SMILES string of the molecule is O=C(NC1CCCCC1)NS(=O)(=O)c1ccc(CCNC(=O)c2ccc(C(=O)O)cc2)cc1. The van der Waals surface area contributed by atoms with Crippen LogP contribution in [0.1, 0.15) is 58.4 Å². The van der Waals surface area contributed by atoms with E-state index in [0.29, 0.717) is 18.5 Å². The number of carboxylic acid groups (broad SMARTS) is 1. The molecule has 0 aliphatic heterocycles. The zero-order valence-corrected chi connectivity index (χ0v) is 18.9. The van der Waals surface area contributed by atoms with E-state index in [1.54, 1.807) is 12.1 Å². The van der Waals surface area contributed by atoms with Crippen molar-refractivity contribution in [1.29, 1.82) is 0 Å². The molecule has 0 spiro atoms. The topological polar surface area (TPSA) is 142 Å². The molecule has 2 aromatic rings. The number of rotatable bonds is 8. The molecular formula is C23H27N3O6S. The number of urea groups is 1. The molecule has 0 bridgehead atoms. The number of hydrogen-bond acceptors (Lipinski definition) is 5. The van der Waals surface area contributed by atoms with Crippen LogP contribution in [0.3, 0.4) is 0 Å². The molecule has 0 heterocycles. The molecule has 33 heavy (non-hydrogen) atoms. The Hall–Kier alpha value is -3.40. The van der Waals surface area contributed by atoms with Gasteiger partial charge >= 0.3 is 12.0 Å². The summed E-state index contributed by atoms with van der Waals surface area (Å²) in [5.41, 5.74) is 1.25. The zero-order chi connectivity index (χ0) is 23.8. The summed E-state index contributed by atoms with van der Waals surface area (Å²) in [6.07, 6.45) is 5.36. The zero-order valence-electron chi connectivity index (χ0n) is 18.0. The van der Waals surface area contributed by atoms with E-state index in [4.69, 9.17) is 5.11 Å². The Morgan fingerprint density at radius 3 is 2.09 bits per heavy atom. The van der Waals surface area contributed by atoms with Gasteiger partial charge in [-0.2, -0.15) is 0 Å². The molecule has 1 aliphatic carbocycles. The van der Waals surface area contributed by atoms with Gasteiger partial charge in [0.1, 0.15) is 0 Å². The summed E-state index contributed by atoms with van der Waals surface area (Å²) < 4.78 is 27.0. The average molecular weight is 474 g/mol. The Morgan fingerprint density at radius 2 is 1.48 bits per heavy atom. The van der Waals surface area contributed by atoms with Gasteiger partial charge in [0.05, 0.1) is 10.5 Å². The average Bonchev–Trinajstić information content (AvgIpc) is 2.79. The van der Waals surface area contributed by atoms with Crippen LogP contribution < -0.4 is 15.4 Å². The number of sulfonamides is 1. The second-order valence-electron chi connectivity index (χ2n) is 7.95. The number of carbonyl (C=O) groups is 3. The number of benzene rings is 2. The van der Waals surface area contributed by atoms with Crippen LogP contribution in [0.2, 0.25) is 0 Å². The van der Waals surface area contributed by atoms with Crippen LogP contribution in [0.5, 0.6) is 0 Å². The fourth-order valence-corrected chi connectivity index (χ4v) is 4.58. The van der Waals surface area contributed by atoms with Gasteiger partial charge in [-0.3, -0.25) is 4.79 Å². The molecule has 2 aromatic carbocycles. The smallest absolute Gasteiger partial charge is 0.335 e. The maximum absolute atomic E-state index is 12.5. The van der Waals surface area contributed by atoms with Crippen molar-refractivity contribution < 1.29 is 27.9 Å². The van der Waals surface area contributed by atoms with Gasteiger partial charge in [0.2, 0.25) is 0 Å². The molecule has 1 saturated carbocycles. The standard InChI is InChI=1S/C23H27N3O6S/c27-21(17-8-10-18(11-9-17)22(28)29)24-15-14-16-6-12-20(13-7-16)33(31,32)26-23(30)25-19-4-2-1-3-5-19/h6-13,19H,1-5,14-15H2,(H,24,27)(H,28,29)(H2,25,26,30). The molecule has 0 unspecified atom stereocenters. The lowest BCUT2D eigenvalue weighted by Crippen LogP contribution is -2.45. The summed E-state index contributed by atoms with van der Waals surface area (Å²) in [6, 6.07) is 11.0. The number of hydrogen-bond donors (Lipinski definition) is 4. The van der Waals surface area contributed by atoms with E-state index in [2.05, 4.69) is 15.4 Å². The first kappa shape index (κ1) is 24.2. The lowest BCUT2D eigenvalue weighted by atomic mass is 9.96. The monoisotopic (exact) mass is 473 g/mol. The first-order chi connectivity index (χ1) is 15.7. The van der Waals surface area contributed by atoms with Crippen molar-refractivity contribution in [3.63, 3.8) is 0 Å². The van der Waals surface area contributed by atoms with Crippen LogP contribution in [0.25, 0.3) is 0 Å². The third kappa shape index (κ3) is 7.04. The lowest BCUT2D eigenvalue weighted by Gasteiger charge is -2.22. The van der Waals surface area contributed by atoms with Crippen LogP contribution in [-0.4, -0.2) is 44.0 Å². The number of carbonyl (C=O) groups excluding carboxylic acids is 2. The number of nitrogens with one attached hydrogen (secondary N) is 3.